The average Bonchev–Trinajstić information content (AvgIpc) is 3.27. The molecule has 8 heteroatoms. The van der Waals surface area contributed by atoms with Gasteiger partial charge in [0.25, 0.3) is 0 Å². The summed E-state index contributed by atoms with van der Waals surface area (Å²) in [7, 11) is 0. The molecular formula is C24H16ClFN4O2. The Kier molecular flexibility index (Phi) is 6.24. The van der Waals surface area contributed by atoms with E-state index in [4.69, 9.17) is 26.0 Å². The first kappa shape index (κ1) is 21.2. The van der Waals surface area contributed by atoms with Gasteiger partial charge in [-0.25, -0.2) is 4.39 Å². The third-order valence-corrected chi connectivity index (χ3v) is 4.81. The van der Waals surface area contributed by atoms with Gasteiger partial charge in [0, 0.05) is 21.7 Å². The monoisotopic (exact) mass is 446 g/mol. The van der Waals surface area contributed by atoms with Crippen molar-refractivity contribution < 1.29 is 13.5 Å². The normalized spacial score (nSPS) is 10.5. The maximum atomic E-state index is 15.5. The zero-order valence-corrected chi connectivity index (χ0v) is 17.5. The summed E-state index contributed by atoms with van der Waals surface area (Å²) in [5.41, 5.74) is 1.87. The minimum absolute atomic E-state index is 0.0242. The maximum absolute atomic E-state index is 15.5. The van der Waals surface area contributed by atoms with E-state index in [0.717, 1.165) is 5.56 Å². The van der Waals surface area contributed by atoms with Crippen LogP contribution in [-0.4, -0.2) is 16.9 Å². The van der Waals surface area contributed by atoms with E-state index >= 15 is 4.39 Å². The zero-order valence-electron chi connectivity index (χ0n) is 16.8. The predicted octanol–water partition coefficient (Wildman–Crippen LogP) is 5.98. The van der Waals surface area contributed by atoms with Crippen molar-refractivity contribution in [3.63, 3.8) is 0 Å². The molecule has 0 fully saturated rings. The van der Waals surface area contributed by atoms with Crippen LogP contribution >= 0.6 is 11.6 Å². The molecule has 0 unspecified atom stereocenters. The van der Waals surface area contributed by atoms with Gasteiger partial charge in [-0.2, -0.15) is 5.26 Å². The van der Waals surface area contributed by atoms with E-state index in [1.807, 2.05) is 36.4 Å². The van der Waals surface area contributed by atoms with Gasteiger partial charge >= 0.3 is 0 Å². The fourth-order valence-corrected chi connectivity index (χ4v) is 3.34. The van der Waals surface area contributed by atoms with Crippen LogP contribution in [-0.2, 0) is 13.0 Å². The smallest absolute Gasteiger partial charge is 0.247 e. The molecule has 158 valence electrons. The number of nitrogens with zero attached hydrogens (tertiary/aromatic N) is 4. The summed E-state index contributed by atoms with van der Waals surface area (Å²) >= 11 is 6.05. The number of hydrogen-bond donors (Lipinski definition) is 0. The number of benzene rings is 3. The lowest BCUT2D eigenvalue weighted by Crippen LogP contribution is -2.01. The number of nitriles is 1. The Morgan fingerprint density at radius 1 is 1.09 bits per heavy atom. The van der Waals surface area contributed by atoms with E-state index in [1.165, 1.54) is 18.2 Å². The molecule has 4 aromatic rings. The largest absolute Gasteiger partial charge is 0.454 e. The van der Waals surface area contributed by atoms with Crippen LogP contribution in [0.1, 0.15) is 22.6 Å². The summed E-state index contributed by atoms with van der Waals surface area (Å²) in [4.78, 5) is 3.84. The standard InChI is InChI=1S/C24H16ClFN4O2/c1-28-14-18-8-7-17(11-21-29-30-24(32-21)16-5-3-2-4-6-16)22(26)23(18)31-20-10-15(13-27)9-19(25)12-20/h2-10,12H,1,11,14H2. The lowest BCUT2D eigenvalue weighted by molar-refractivity contribution is 0.431. The van der Waals surface area contributed by atoms with Crippen LogP contribution in [0.15, 0.2) is 70.1 Å². The molecule has 0 aliphatic heterocycles. The van der Waals surface area contributed by atoms with Crippen molar-refractivity contribution >= 4 is 18.3 Å². The Labute approximate surface area is 188 Å². The first-order valence-corrected chi connectivity index (χ1v) is 9.94. The summed E-state index contributed by atoms with van der Waals surface area (Å²) in [6.45, 7) is 3.62. The first-order valence-electron chi connectivity index (χ1n) is 9.56. The van der Waals surface area contributed by atoms with E-state index < -0.39 is 5.82 Å². The van der Waals surface area contributed by atoms with Crippen molar-refractivity contribution in [2.75, 3.05) is 0 Å². The minimum Gasteiger partial charge on any atom is -0.454 e. The quantitative estimate of drug-likeness (QED) is 0.326. The third kappa shape index (κ3) is 4.66. The number of rotatable bonds is 7. The van der Waals surface area contributed by atoms with Crippen LogP contribution in [0.3, 0.4) is 0 Å². The summed E-state index contributed by atoms with van der Waals surface area (Å²) in [5, 5.41) is 17.5. The van der Waals surface area contributed by atoms with E-state index in [9.17, 15) is 0 Å². The second-order valence-electron chi connectivity index (χ2n) is 6.84. The fraction of sp³-hybridized carbons (Fsp3) is 0.0833. The van der Waals surface area contributed by atoms with Gasteiger partial charge in [-0.1, -0.05) is 41.9 Å². The molecule has 0 saturated carbocycles. The van der Waals surface area contributed by atoms with Crippen LogP contribution in [0.5, 0.6) is 11.5 Å². The molecule has 1 heterocycles. The number of ether oxygens (including phenoxy) is 1. The molecule has 0 amide bonds. The van der Waals surface area contributed by atoms with Crippen molar-refractivity contribution in [2.45, 2.75) is 13.0 Å². The molecule has 0 saturated heterocycles. The predicted molar refractivity (Wildman–Crippen MR) is 118 cm³/mol. The summed E-state index contributed by atoms with van der Waals surface area (Å²) in [6.07, 6.45) is 0.0722. The molecule has 0 N–H and O–H groups in total. The lowest BCUT2D eigenvalue weighted by Gasteiger charge is -2.14. The topological polar surface area (TPSA) is 84.3 Å². The van der Waals surface area contributed by atoms with Crippen molar-refractivity contribution in [2.24, 2.45) is 4.99 Å². The van der Waals surface area contributed by atoms with Gasteiger partial charge in [-0.3, -0.25) is 4.99 Å². The highest BCUT2D eigenvalue weighted by Crippen LogP contribution is 2.34. The number of aliphatic imine (C=N–C) groups is 1. The van der Waals surface area contributed by atoms with Crippen molar-refractivity contribution in [3.05, 3.63) is 94.1 Å². The second kappa shape index (κ2) is 9.41. The van der Waals surface area contributed by atoms with Gasteiger partial charge in [-0.15, -0.1) is 10.2 Å². The van der Waals surface area contributed by atoms with E-state index in [2.05, 4.69) is 21.9 Å². The summed E-state index contributed by atoms with van der Waals surface area (Å²) in [6, 6.07) is 19.1. The van der Waals surface area contributed by atoms with Gasteiger partial charge < -0.3 is 9.15 Å². The fourth-order valence-electron chi connectivity index (χ4n) is 3.12. The number of halogens is 2. The molecule has 1 aromatic heterocycles. The Bertz CT molecular complexity index is 1320. The molecule has 3 aromatic carbocycles. The van der Waals surface area contributed by atoms with E-state index in [1.54, 1.807) is 12.1 Å². The average molecular weight is 447 g/mol. The van der Waals surface area contributed by atoms with Crippen molar-refractivity contribution in [1.29, 1.82) is 5.26 Å². The van der Waals surface area contributed by atoms with Gasteiger partial charge in [0.2, 0.25) is 11.8 Å². The van der Waals surface area contributed by atoms with E-state index in [-0.39, 0.29) is 30.4 Å². The molecular weight excluding hydrogens is 431 g/mol. The molecule has 6 nitrogen and oxygen atoms in total. The Balaban J connectivity index is 1.66. The molecule has 0 aliphatic carbocycles. The van der Waals surface area contributed by atoms with Crippen LogP contribution < -0.4 is 4.74 Å². The van der Waals surface area contributed by atoms with Gasteiger partial charge in [-0.05, 0) is 37.0 Å². The zero-order chi connectivity index (χ0) is 22.5. The Hall–Kier alpha value is -4.02. The van der Waals surface area contributed by atoms with Crippen LogP contribution in [0.25, 0.3) is 11.5 Å². The van der Waals surface area contributed by atoms with Gasteiger partial charge in [0.15, 0.2) is 11.6 Å². The molecule has 4 rings (SSSR count). The van der Waals surface area contributed by atoms with Crippen molar-refractivity contribution in [3.8, 4) is 29.0 Å². The van der Waals surface area contributed by atoms with Crippen LogP contribution in [0, 0.1) is 17.1 Å². The lowest BCUT2D eigenvalue weighted by atomic mass is 10.1. The maximum Gasteiger partial charge on any atom is 0.247 e. The molecule has 0 radical (unpaired) electrons. The van der Waals surface area contributed by atoms with Crippen molar-refractivity contribution in [1.82, 2.24) is 10.2 Å². The Morgan fingerprint density at radius 2 is 1.88 bits per heavy atom. The number of aromatic nitrogens is 2. The molecule has 0 atom stereocenters. The minimum atomic E-state index is -0.593. The Morgan fingerprint density at radius 3 is 2.62 bits per heavy atom. The third-order valence-electron chi connectivity index (χ3n) is 4.59. The molecule has 0 aliphatic rings. The molecule has 0 spiro atoms. The highest BCUT2D eigenvalue weighted by atomic mass is 35.5. The van der Waals surface area contributed by atoms with Crippen LogP contribution in [0.2, 0.25) is 5.02 Å². The van der Waals surface area contributed by atoms with Gasteiger partial charge in [0.1, 0.15) is 5.75 Å². The van der Waals surface area contributed by atoms with E-state index in [0.29, 0.717) is 27.6 Å². The highest BCUT2D eigenvalue weighted by Gasteiger charge is 2.19. The summed E-state index contributed by atoms with van der Waals surface area (Å²) in [5.74, 6) is 0.234. The van der Waals surface area contributed by atoms with Gasteiger partial charge in [0.05, 0.1) is 24.6 Å². The molecule has 0 bridgehead atoms. The summed E-state index contributed by atoms with van der Waals surface area (Å²) < 4.78 is 27.0. The van der Waals surface area contributed by atoms with Crippen LogP contribution in [0.4, 0.5) is 4.39 Å². The highest BCUT2D eigenvalue weighted by molar-refractivity contribution is 6.30. The second-order valence-corrected chi connectivity index (χ2v) is 7.28. The first-order chi connectivity index (χ1) is 15.6. The number of hydrogen-bond acceptors (Lipinski definition) is 6. The SMILES string of the molecule is C=NCc1ccc(Cc2nnc(-c3ccccc3)o2)c(F)c1Oc1cc(Cl)cc(C#N)c1. The molecule has 32 heavy (non-hydrogen) atoms.